The van der Waals surface area contributed by atoms with Gasteiger partial charge in [0.05, 0.1) is 6.61 Å². The third-order valence-electron chi connectivity index (χ3n) is 2.66. The van der Waals surface area contributed by atoms with Crippen LogP contribution in [0.3, 0.4) is 0 Å². The Balaban J connectivity index is 3.28. The highest BCUT2D eigenvalue weighted by atomic mass is 16.5. The summed E-state index contributed by atoms with van der Waals surface area (Å²) in [5.74, 6) is 0.430. The molecule has 78 valence electrons. The largest absolute Gasteiger partial charge is 0.507 e. The number of benzene rings is 1. The summed E-state index contributed by atoms with van der Waals surface area (Å²) < 4.78 is 5.11. The fourth-order valence-electron chi connectivity index (χ4n) is 1.70. The normalized spacial score (nSPS) is 10.6. The van der Waals surface area contributed by atoms with E-state index in [2.05, 4.69) is 6.07 Å². The first-order chi connectivity index (χ1) is 6.61. The Bertz CT molecular complexity index is 330. The van der Waals surface area contributed by atoms with Crippen LogP contribution in [0.25, 0.3) is 0 Å². The van der Waals surface area contributed by atoms with Crippen molar-refractivity contribution in [3.63, 3.8) is 0 Å². The van der Waals surface area contributed by atoms with Crippen LogP contribution in [0.15, 0.2) is 6.07 Å². The number of aromatic hydroxyl groups is 1. The van der Waals surface area contributed by atoms with E-state index in [1.165, 1.54) is 0 Å². The highest BCUT2D eigenvalue weighted by molar-refractivity contribution is 5.48. The average molecular weight is 194 g/mol. The summed E-state index contributed by atoms with van der Waals surface area (Å²) in [5, 5.41) is 9.93. The van der Waals surface area contributed by atoms with Crippen molar-refractivity contribution in [3.8, 4) is 5.75 Å². The Kier molecular flexibility index (Phi) is 3.53. The van der Waals surface area contributed by atoms with Gasteiger partial charge in [-0.2, -0.15) is 0 Å². The number of rotatable bonds is 3. The first-order valence-electron chi connectivity index (χ1n) is 4.91. The van der Waals surface area contributed by atoms with Gasteiger partial charge in [-0.25, -0.2) is 0 Å². The molecule has 1 N–H and O–H groups in total. The lowest BCUT2D eigenvalue weighted by molar-refractivity contribution is 0.183. The van der Waals surface area contributed by atoms with Gasteiger partial charge < -0.3 is 9.84 Å². The maximum Gasteiger partial charge on any atom is 0.122 e. The van der Waals surface area contributed by atoms with Gasteiger partial charge in [-0.15, -0.1) is 0 Å². The van der Waals surface area contributed by atoms with E-state index in [9.17, 15) is 5.11 Å². The third-order valence-corrected chi connectivity index (χ3v) is 2.66. The Morgan fingerprint density at radius 2 is 2.00 bits per heavy atom. The van der Waals surface area contributed by atoms with Crippen LogP contribution < -0.4 is 0 Å². The number of phenols is 1. The molecular weight excluding hydrogens is 176 g/mol. The molecule has 2 heteroatoms. The Hall–Kier alpha value is -1.02. The van der Waals surface area contributed by atoms with Crippen LogP contribution in [-0.4, -0.2) is 12.2 Å². The summed E-state index contributed by atoms with van der Waals surface area (Å²) in [5.41, 5.74) is 4.19. The van der Waals surface area contributed by atoms with Crippen molar-refractivity contribution >= 4 is 0 Å². The van der Waals surface area contributed by atoms with Crippen molar-refractivity contribution in [1.82, 2.24) is 0 Å². The van der Waals surface area contributed by atoms with E-state index in [1.54, 1.807) is 7.11 Å². The molecule has 2 nitrogen and oxygen atoms in total. The quantitative estimate of drug-likeness (QED) is 0.801. The standard InChI is InChI=1S/C12H18O2/c1-5-11-10(7-14-4)6-8(2)9(3)12(11)13/h6,13H,5,7H2,1-4H3. The molecule has 0 aliphatic heterocycles. The van der Waals surface area contributed by atoms with Gasteiger partial charge in [0.15, 0.2) is 0 Å². The molecule has 0 bridgehead atoms. The van der Waals surface area contributed by atoms with Crippen molar-refractivity contribution in [2.75, 3.05) is 7.11 Å². The molecule has 0 atom stereocenters. The van der Waals surface area contributed by atoms with Crippen LogP contribution in [0.5, 0.6) is 5.75 Å². The van der Waals surface area contributed by atoms with Gasteiger partial charge in [-0.3, -0.25) is 0 Å². The van der Waals surface area contributed by atoms with Crippen molar-refractivity contribution in [2.45, 2.75) is 33.8 Å². The van der Waals surface area contributed by atoms with E-state index >= 15 is 0 Å². The molecule has 0 fully saturated rings. The zero-order valence-corrected chi connectivity index (χ0v) is 9.35. The Morgan fingerprint density at radius 3 is 2.50 bits per heavy atom. The molecule has 0 amide bonds. The van der Waals surface area contributed by atoms with Crippen LogP contribution in [0, 0.1) is 13.8 Å². The molecule has 0 spiro atoms. The molecule has 0 radical (unpaired) electrons. The fraction of sp³-hybridized carbons (Fsp3) is 0.500. The molecule has 0 aliphatic rings. The molecule has 0 saturated heterocycles. The summed E-state index contributed by atoms with van der Waals surface area (Å²) in [4.78, 5) is 0. The molecule has 1 aromatic rings. The van der Waals surface area contributed by atoms with Crippen LogP contribution >= 0.6 is 0 Å². The first-order valence-corrected chi connectivity index (χ1v) is 4.91. The topological polar surface area (TPSA) is 29.5 Å². The fourth-order valence-corrected chi connectivity index (χ4v) is 1.70. The van der Waals surface area contributed by atoms with E-state index in [4.69, 9.17) is 4.74 Å². The lowest BCUT2D eigenvalue weighted by atomic mass is 9.97. The van der Waals surface area contributed by atoms with Gasteiger partial charge in [0.25, 0.3) is 0 Å². The van der Waals surface area contributed by atoms with E-state index < -0.39 is 0 Å². The minimum atomic E-state index is 0.430. The number of aryl methyl sites for hydroxylation is 1. The minimum absolute atomic E-state index is 0.430. The molecular formula is C12H18O2. The summed E-state index contributed by atoms with van der Waals surface area (Å²) in [6, 6.07) is 2.09. The number of methoxy groups -OCH3 is 1. The van der Waals surface area contributed by atoms with Crippen molar-refractivity contribution in [3.05, 3.63) is 28.3 Å². The van der Waals surface area contributed by atoms with Gasteiger partial charge in [-0.05, 0) is 42.5 Å². The number of hydrogen-bond acceptors (Lipinski definition) is 2. The van der Waals surface area contributed by atoms with Crippen LogP contribution in [0.2, 0.25) is 0 Å². The zero-order valence-electron chi connectivity index (χ0n) is 9.35. The molecule has 14 heavy (non-hydrogen) atoms. The number of hydrogen-bond donors (Lipinski definition) is 1. The Morgan fingerprint density at radius 1 is 1.36 bits per heavy atom. The van der Waals surface area contributed by atoms with Crippen molar-refractivity contribution < 1.29 is 9.84 Å². The van der Waals surface area contributed by atoms with Crippen LogP contribution in [0.4, 0.5) is 0 Å². The van der Waals surface area contributed by atoms with Crippen molar-refractivity contribution in [2.24, 2.45) is 0 Å². The summed E-state index contributed by atoms with van der Waals surface area (Å²) in [6.07, 6.45) is 0.839. The zero-order chi connectivity index (χ0) is 10.7. The van der Waals surface area contributed by atoms with Gasteiger partial charge in [0.2, 0.25) is 0 Å². The SMILES string of the molecule is CCc1c(COC)cc(C)c(C)c1O. The van der Waals surface area contributed by atoms with E-state index in [1.807, 2.05) is 20.8 Å². The molecule has 1 aromatic carbocycles. The van der Waals surface area contributed by atoms with E-state index in [0.717, 1.165) is 28.7 Å². The number of phenolic OH excluding ortho intramolecular Hbond substituents is 1. The van der Waals surface area contributed by atoms with Gasteiger partial charge >= 0.3 is 0 Å². The van der Waals surface area contributed by atoms with E-state index in [0.29, 0.717) is 12.4 Å². The van der Waals surface area contributed by atoms with Gasteiger partial charge in [-0.1, -0.05) is 13.0 Å². The third kappa shape index (κ3) is 1.90. The van der Waals surface area contributed by atoms with E-state index in [-0.39, 0.29) is 0 Å². The maximum atomic E-state index is 9.93. The summed E-state index contributed by atoms with van der Waals surface area (Å²) in [6.45, 7) is 6.56. The van der Waals surface area contributed by atoms with Gasteiger partial charge in [0.1, 0.15) is 5.75 Å². The average Bonchev–Trinajstić information content (AvgIpc) is 2.16. The Labute approximate surface area is 85.5 Å². The maximum absolute atomic E-state index is 9.93. The molecule has 1 rings (SSSR count). The minimum Gasteiger partial charge on any atom is -0.507 e. The molecule has 0 aromatic heterocycles. The second kappa shape index (κ2) is 4.47. The molecule has 0 heterocycles. The molecule has 0 aliphatic carbocycles. The second-order valence-electron chi connectivity index (χ2n) is 3.59. The van der Waals surface area contributed by atoms with Crippen LogP contribution in [-0.2, 0) is 17.8 Å². The van der Waals surface area contributed by atoms with Crippen molar-refractivity contribution in [1.29, 1.82) is 0 Å². The highest BCUT2D eigenvalue weighted by Crippen LogP contribution is 2.29. The lowest BCUT2D eigenvalue weighted by Crippen LogP contribution is -1.98. The molecule has 0 unspecified atom stereocenters. The first kappa shape index (κ1) is 11.1. The molecule has 0 saturated carbocycles. The van der Waals surface area contributed by atoms with Gasteiger partial charge in [0, 0.05) is 7.11 Å². The second-order valence-corrected chi connectivity index (χ2v) is 3.59. The predicted octanol–water partition coefficient (Wildman–Crippen LogP) is 2.72. The summed E-state index contributed by atoms with van der Waals surface area (Å²) in [7, 11) is 1.67. The number of ether oxygens (including phenoxy) is 1. The lowest BCUT2D eigenvalue weighted by Gasteiger charge is -2.13. The monoisotopic (exact) mass is 194 g/mol. The smallest absolute Gasteiger partial charge is 0.122 e. The summed E-state index contributed by atoms with van der Waals surface area (Å²) >= 11 is 0. The predicted molar refractivity (Wildman–Crippen MR) is 57.7 cm³/mol. The van der Waals surface area contributed by atoms with Crippen LogP contribution in [0.1, 0.15) is 29.2 Å². The highest BCUT2D eigenvalue weighted by Gasteiger charge is 2.10.